The molecule has 0 unspecified atom stereocenters. The topological polar surface area (TPSA) is 90.3 Å². The highest BCUT2D eigenvalue weighted by molar-refractivity contribution is 6.21. The summed E-state index contributed by atoms with van der Waals surface area (Å²) in [5.41, 5.74) is 0.576. The normalized spacial score (nSPS) is 12.8. The quantitative estimate of drug-likeness (QED) is 0.858. The first kappa shape index (κ1) is 15.4. The van der Waals surface area contributed by atoms with Crippen molar-refractivity contribution in [2.24, 2.45) is 0 Å². The van der Waals surface area contributed by atoms with Crippen molar-refractivity contribution in [3.8, 4) is 6.07 Å². The molecule has 0 bridgehead atoms. The molecule has 1 heterocycles. The van der Waals surface area contributed by atoms with Gasteiger partial charge in [-0.2, -0.15) is 5.26 Å². The number of anilines is 1. The van der Waals surface area contributed by atoms with Crippen LogP contribution in [0, 0.1) is 17.1 Å². The van der Waals surface area contributed by atoms with Gasteiger partial charge in [-0.15, -0.1) is 0 Å². The molecular formula is C17H10FN3O3. The Bertz CT molecular complexity index is 947. The Morgan fingerprint density at radius 3 is 2.50 bits per heavy atom. The van der Waals surface area contributed by atoms with E-state index in [0.717, 1.165) is 11.0 Å². The Labute approximate surface area is 136 Å². The molecule has 3 amide bonds. The van der Waals surface area contributed by atoms with Crippen LogP contribution in [0.15, 0.2) is 36.4 Å². The second-order valence-electron chi connectivity index (χ2n) is 5.19. The number of halogens is 1. The molecule has 1 N–H and O–H groups in total. The molecule has 2 aromatic carbocycles. The van der Waals surface area contributed by atoms with Crippen LogP contribution in [0.1, 0.15) is 36.6 Å². The van der Waals surface area contributed by atoms with Gasteiger partial charge in [0.1, 0.15) is 5.82 Å². The highest BCUT2D eigenvalue weighted by Gasteiger charge is 2.32. The lowest BCUT2D eigenvalue weighted by Crippen LogP contribution is -2.24. The van der Waals surface area contributed by atoms with Gasteiger partial charge in [0.25, 0.3) is 17.7 Å². The molecule has 2 aromatic rings. The Morgan fingerprint density at radius 1 is 1.12 bits per heavy atom. The zero-order chi connectivity index (χ0) is 17.4. The van der Waals surface area contributed by atoms with Crippen LogP contribution >= 0.6 is 0 Å². The highest BCUT2D eigenvalue weighted by atomic mass is 19.1. The van der Waals surface area contributed by atoms with Crippen LogP contribution < -0.4 is 5.32 Å². The zero-order valence-electron chi connectivity index (χ0n) is 12.5. The van der Waals surface area contributed by atoms with Crippen molar-refractivity contribution in [1.82, 2.24) is 4.90 Å². The third-order valence-electron chi connectivity index (χ3n) is 3.69. The molecule has 0 saturated heterocycles. The van der Waals surface area contributed by atoms with Gasteiger partial charge in [0, 0.05) is 12.7 Å². The molecule has 0 radical (unpaired) electrons. The van der Waals surface area contributed by atoms with Crippen LogP contribution in [0.2, 0.25) is 0 Å². The van der Waals surface area contributed by atoms with Gasteiger partial charge in [-0.1, -0.05) is 0 Å². The van der Waals surface area contributed by atoms with E-state index in [-0.39, 0.29) is 27.9 Å². The van der Waals surface area contributed by atoms with Gasteiger partial charge in [0.15, 0.2) is 0 Å². The lowest BCUT2D eigenvalue weighted by atomic mass is 10.1. The molecule has 1 aliphatic heterocycles. The van der Waals surface area contributed by atoms with Crippen LogP contribution in [0.4, 0.5) is 10.1 Å². The number of nitrogens with one attached hydrogen (secondary N) is 1. The average molecular weight is 323 g/mol. The first-order valence-corrected chi connectivity index (χ1v) is 6.90. The smallest absolute Gasteiger partial charge is 0.261 e. The molecule has 0 atom stereocenters. The summed E-state index contributed by atoms with van der Waals surface area (Å²) in [6, 6.07) is 9.55. The minimum atomic E-state index is -0.821. The highest BCUT2D eigenvalue weighted by Crippen LogP contribution is 2.25. The Hall–Kier alpha value is -3.53. The lowest BCUT2D eigenvalue weighted by Gasteiger charge is -2.07. The Balaban J connectivity index is 1.88. The SMILES string of the molecule is CN1C(=O)c2ccc(NC(=O)c3ccc(C#N)cc3F)cc2C1=O. The molecule has 118 valence electrons. The first-order valence-electron chi connectivity index (χ1n) is 6.90. The fourth-order valence-electron chi connectivity index (χ4n) is 2.41. The van der Waals surface area contributed by atoms with E-state index >= 15 is 0 Å². The van der Waals surface area contributed by atoms with Crippen molar-refractivity contribution in [3.05, 3.63) is 64.5 Å². The predicted octanol–water partition coefficient (Wildman–Crippen LogP) is 2.18. The van der Waals surface area contributed by atoms with Crippen molar-refractivity contribution in [2.45, 2.75) is 0 Å². The van der Waals surface area contributed by atoms with Crippen molar-refractivity contribution in [3.63, 3.8) is 0 Å². The second kappa shape index (κ2) is 5.59. The summed E-state index contributed by atoms with van der Waals surface area (Å²) in [5.74, 6) is -2.41. The van der Waals surface area contributed by atoms with E-state index in [2.05, 4.69) is 5.32 Å². The summed E-state index contributed by atoms with van der Waals surface area (Å²) in [6.07, 6.45) is 0. The monoisotopic (exact) mass is 323 g/mol. The van der Waals surface area contributed by atoms with Crippen molar-refractivity contribution in [1.29, 1.82) is 5.26 Å². The summed E-state index contributed by atoms with van der Waals surface area (Å²) in [6.45, 7) is 0. The predicted molar refractivity (Wildman–Crippen MR) is 81.9 cm³/mol. The number of carbonyl (C=O) groups excluding carboxylic acids is 3. The number of rotatable bonds is 2. The number of benzene rings is 2. The molecule has 1 aliphatic rings. The van der Waals surface area contributed by atoms with E-state index in [4.69, 9.17) is 5.26 Å². The molecule has 0 aliphatic carbocycles. The largest absolute Gasteiger partial charge is 0.322 e. The van der Waals surface area contributed by atoms with Crippen molar-refractivity contribution in [2.75, 3.05) is 12.4 Å². The first-order chi connectivity index (χ1) is 11.4. The van der Waals surface area contributed by atoms with Gasteiger partial charge in [0.05, 0.1) is 28.3 Å². The maximum atomic E-state index is 13.9. The number of nitrogens with zero attached hydrogens (tertiary/aromatic N) is 2. The molecule has 24 heavy (non-hydrogen) atoms. The van der Waals surface area contributed by atoms with E-state index in [9.17, 15) is 18.8 Å². The fourth-order valence-corrected chi connectivity index (χ4v) is 2.41. The number of imide groups is 1. The van der Waals surface area contributed by atoms with Crippen molar-refractivity contribution >= 4 is 23.4 Å². The number of nitriles is 1. The third-order valence-corrected chi connectivity index (χ3v) is 3.69. The molecule has 0 fully saturated rings. The number of amides is 3. The third kappa shape index (κ3) is 2.40. The minimum absolute atomic E-state index is 0.105. The number of hydrogen-bond acceptors (Lipinski definition) is 4. The van der Waals surface area contributed by atoms with Crippen LogP contribution in [0.3, 0.4) is 0 Å². The average Bonchev–Trinajstić information content (AvgIpc) is 2.79. The zero-order valence-corrected chi connectivity index (χ0v) is 12.5. The molecular weight excluding hydrogens is 313 g/mol. The number of hydrogen-bond donors (Lipinski definition) is 1. The summed E-state index contributed by atoms with van der Waals surface area (Å²) >= 11 is 0. The molecule has 0 spiro atoms. The number of fused-ring (bicyclic) bond motifs is 1. The van der Waals surface area contributed by atoms with E-state index < -0.39 is 23.5 Å². The molecule has 3 rings (SSSR count). The maximum absolute atomic E-state index is 13.9. The Kier molecular flexibility index (Phi) is 3.58. The molecule has 6 nitrogen and oxygen atoms in total. The minimum Gasteiger partial charge on any atom is -0.322 e. The molecule has 7 heteroatoms. The van der Waals surface area contributed by atoms with E-state index in [1.54, 1.807) is 6.07 Å². The standard InChI is InChI=1S/C17H10FN3O3/c1-21-16(23)11-5-3-10(7-13(11)17(21)24)20-15(22)12-4-2-9(8-19)6-14(12)18/h2-7H,1H3,(H,20,22). The van der Waals surface area contributed by atoms with Crippen LogP contribution in [-0.2, 0) is 0 Å². The number of carbonyl (C=O) groups is 3. The van der Waals surface area contributed by atoms with Crippen molar-refractivity contribution < 1.29 is 18.8 Å². The summed E-state index contributed by atoms with van der Waals surface area (Å²) in [4.78, 5) is 36.9. The van der Waals surface area contributed by atoms with Gasteiger partial charge >= 0.3 is 0 Å². The van der Waals surface area contributed by atoms with Gasteiger partial charge in [-0.3, -0.25) is 19.3 Å². The maximum Gasteiger partial charge on any atom is 0.261 e. The molecule has 0 saturated carbocycles. The van der Waals surface area contributed by atoms with Gasteiger partial charge in [0.2, 0.25) is 0 Å². The van der Waals surface area contributed by atoms with Gasteiger partial charge < -0.3 is 5.32 Å². The van der Waals surface area contributed by atoms with Gasteiger partial charge in [-0.05, 0) is 36.4 Å². The lowest BCUT2D eigenvalue weighted by molar-refractivity contribution is 0.0692. The summed E-state index contributed by atoms with van der Waals surface area (Å²) in [5, 5.41) is 11.2. The Morgan fingerprint density at radius 2 is 1.83 bits per heavy atom. The van der Waals surface area contributed by atoms with E-state index in [1.165, 1.54) is 37.4 Å². The molecule has 0 aromatic heterocycles. The van der Waals surface area contributed by atoms with Crippen LogP contribution in [0.25, 0.3) is 0 Å². The van der Waals surface area contributed by atoms with E-state index in [0.29, 0.717) is 0 Å². The van der Waals surface area contributed by atoms with Crippen LogP contribution in [0.5, 0.6) is 0 Å². The second-order valence-corrected chi connectivity index (χ2v) is 5.19. The summed E-state index contributed by atoms with van der Waals surface area (Å²) < 4.78 is 13.9. The van der Waals surface area contributed by atoms with Crippen LogP contribution in [-0.4, -0.2) is 29.7 Å². The summed E-state index contributed by atoms with van der Waals surface area (Å²) in [7, 11) is 1.37. The van der Waals surface area contributed by atoms with Gasteiger partial charge in [-0.25, -0.2) is 4.39 Å². The van der Waals surface area contributed by atoms with E-state index in [1.807, 2.05) is 0 Å². The fraction of sp³-hybridized carbons (Fsp3) is 0.0588.